The number of amides is 3. The lowest BCUT2D eigenvalue weighted by Gasteiger charge is -2.32. The first kappa shape index (κ1) is 20.5. The summed E-state index contributed by atoms with van der Waals surface area (Å²) in [7, 11) is 1.89. The maximum absolute atomic E-state index is 13.5. The van der Waals surface area contributed by atoms with Crippen molar-refractivity contribution in [3.05, 3.63) is 71.5 Å². The quantitative estimate of drug-likeness (QED) is 0.743. The predicted octanol–water partition coefficient (Wildman–Crippen LogP) is 4.45. The average Bonchev–Trinajstić information content (AvgIpc) is 2.91. The minimum Gasteiger partial charge on any atom is -0.323 e. The predicted molar refractivity (Wildman–Crippen MR) is 113 cm³/mol. The highest BCUT2D eigenvalue weighted by Gasteiger charge is 2.51. The van der Waals surface area contributed by atoms with Gasteiger partial charge in [0, 0.05) is 0 Å². The minimum atomic E-state index is -0.744. The van der Waals surface area contributed by atoms with E-state index in [0.717, 1.165) is 36.8 Å². The highest BCUT2D eigenvalue weighted by atomic mass is 19.1. The number of rotatable bonds is 5. The molecule has 1 atom stereocenters. The van der Waals surface area contributed by atoms with E-state index in [4.69, 9.17) is 0 Å². The van der Waals surface area contributed by atoms with Crippen molar-refractivity contribution >= 4 is 11.9 Å². The standard InChI is InChI=1S/C24H28FN3O2/c1-27(17-28-22(29)24(26-23(28)30)15-7-2-3-8-16-24)21(18-9-5-4-6-10-18)19-11-13-20(25)14-12-19/h4-6,9-14,21H,2-3,7-8,15-17H2,1H3,(H,26,30)/t21-/m1/s1. The fourth-order valence-electron chi connectivity index (χ4n) is 4.76. The van der Waals surface area contributed by atoms with Crippen LogP contribution in [0.4, 0.5) is 9.18 Å². The summed E-state index contributed by atoms with van der Waals surface area (Å²) in [6.07, 6.45) is 5.53. The Labute approximate surface area is 176 Å². The Balaban J connectivity index is 1.59. The third kappa shape index (κ3) is 3.97. The summed E-state index contributed by atoms with van der Waals surface area (Å²) in [5.41, 5.74) is 1.18. The van der Waals surface area contributed by atoms with Crippen molar-refractivity contribution in [1.82, 2.24) is 15.1 Å². The van der Waals surface area contributed by atoms with Crippen molar-refractivity contribution in [2.75, 3.05) is 13.7 Å². The van der Waals surface area contributed by atoms with E-state index in [0.29, 0.717) is 12.8 Å². The van der Waals surface area contributed by atoms with E-state index in [1.54, 1.807) is 12.1 Å². The smallest absolute Gasteiger partial charge is 0.323 e. The summed E-state index contributed by atoms with van der Waals surface area (Å²) < 4.78 is 13.5. The van der Waals surface area contributed by atoms with Gasteiger partial charge in [0.05, 0.1) is 12.7 Å². The molecular formula is C24H28FN3O2. The first-order chi connectivity index (χ1) is 14.5. The summed E-state index contributed by atoms with van der Waals surface area (Å²) >= 11 is 0. The molecule has 1 aliphatic heterocycles. The van der Waals surface area contributed by atoms with E-state index in [2.05, 4.69) is 5.32 Å². The van der Waals surface area contributed by atoms with Gasteiger partial charge in [-0.2, -0.15) is 0 Å². The third-order valence-electron chi connectivity index (χ3n) is 6.31. The Hall–Kier alpha value is -2.73. The zero-order valence-electron chi connectivity index (χ0n) is 17.3. The molecule has 0 radical (unpaired) electrons. The van der Waals surface area contributed by atoms with E-state index in [9.17, 15) is 14.0 Å². The maximum Gasteiger partial charge on any atom is 0.326 e. The molecule has 2 aromatic rings. The molecule has 30 heavy (non-hydrogen) atoms. The number of carbonyl (C=O) groups is 2. The van der Waals surface area contributed by atoms with Gasteiger partial charge in [-0.15, -0.1) is 0 Å². The van der Waals surface area contributed by atoms with Crippen LogP contribution in [0, 0.1) is 5.82 Å². The molecule has 2 fully saturated rings. The Bertz CT molecular complexity index is 892. The molecule has 1 saturated carbocycles. The second-order valence-electron chi connectivity index (χ2n) is 8.42. The van der Waals surface area contributed by atoms with Crippen molar-refractivity contribution in [3.8, 4) is 0 Å². The van der Waals surface area contributed by atoms with Crippen LogP contribution in [0.3, 0.4) is 0 Å². The fourth-order valence-corrected chi connectivity index (χ4v) is 4.76. The number of urea groups is 1. The van der Waals surface area contributed by atoms with Crippen molar-refractivity contribution < 1.29 is 14.0 Å². The van der Waals surface area contributed by atoms with Gasteiger partial charge >= 0.3 is 6.03 Å². The third-order valence-corrected chi connectivity index (χ3v) is 6.31. The van der Waals surface area contributed by atoms with Gasteiger partial charge < -0.3 is 5.32 Å². The van der Waals surface area contributed by atoms with Crippen LogP contribution in [0.25, 0.3) is 0 Å². The van der Waals surface area contributed by atoms with Crippen LogP contribution in [-0.2, 0) is 4.79 Å². The van der Waals surface area contributed by atoms with Gasteiger partial charge in [0.25, 0.3) is 5.91 Å². The molecule has 158 valence electrons. The van der Waals surface area contributed by atoms with Crippen LogP contribution < -0.4 is 5.32 Å². The average molecular weight is 410 g/mol. The molecule has 4 rings (SSSR count). The van der Waals surface area contributed by atoms with E-state index in [1.807, 2.05) is 42.3 Å². The molecule has 2 aromatic carbocycles. The lowest BCUT2D eigenvalue weighted by Crippen LogP contribution is -2.47. The van der Waals surface area contributed by atoms with Gasteiger partial charge in [0.15, 0.2) is 0 Å². The normalized spacial score (nSPS) is 19.8. The Morgan fingerprint density at radius 2 is 1.57 bits per heavy atom. The Kier molecular flexibility index (Phi) is 5.86. The molecule has 5 nitrogen and oxygen atoms in total. The molecule has 1 N–H and O–H groups in total. The van der Waals surface area contributed by atoms with Crippen LogP contribution >= 0.6 is 0 Å². The zero-order chi connectivity index (χ0) is 21.1. The first-order valence-corrected chi connectivity index (χ1v) is 10.6. The molecule has 6 heteroatoms. The van der Waals surface area contributed by atoms with Crippen LogP contribution in [0.5, 0.6) is 0 Å². The van der Waals surface area contributed by atoms with E-state index >= 15 is 0 Å². The van der Waals surface area contributed by atoms with Gasteiger partial charge in [0.2, 0.25) is 0 Å². The molecule has 0 unspecified atom stereocenters. The number of benzene rings is 2. The van der Waals surface area contributed by atoms with Gasteiger partial charge in [-0.25, -0.2) is 14.1 Å². The molecule has 3 amide bonds. The summed E-state index contributed by atoms with van der Waals surface area (Å²) in [5, 5.41) is 3.00. The van der Waals surface area contributed by atoms with Crippen molar-refractivity contribution in [3.63, 3.8) is 0 Å². The maximum atomic E-state index is 13.5. The van der Waals surface area contributed by atoms with Crippen LogP contribution in [0.15, 0.2) is 54.6 Å². The van der Waals surface area contributed by atoms with E-state index in [1.165, 1.54) is 17.0 Å². The van der Waals surface area contributed by atoms with Crippen LogP contribution in [0.2, 0.25) is 0 Å². The van der Waals surface area contributed by atoms with Crippen molar-refractivity contribution in [2.45, 2.75) is 50.1 Å². The molecule has 1 saturated heterocycles. The lowest BCUT2D eigenvalue weighted by atomic mass is 9.90. The summed E-state index contributed by atoms with van der Waals surface area (Å²) in [4.78, 5) is 29.4. The van der Waals surface area contributed by atoms with Crippen molar-refractivity contribution in [2.24, 2.45) is 0 Å². The van der Waals surface area contributed by atoms with E-state index in [-0.39, 0.29) is 30.5 Å². The highest BCUT2D eigenvalue weighted by Crippen LogP contribution is 2.34. The second kappa shape index (κ2) is 8.56. The monoisotopic (exact) mass is 409 g/mol. The number of halogens is 1. The molecular weight excluding hydrogens is 381 g/mol. The lowest BCUT2D eigenvalue weighted by molar-refractivity contribution is -0.133. The van der Waals surface area contributed by atoms with Crippen LogP contribution in [0.1, 0.15) is 55.7 Å². The largest absolute Gasteiger partial charge is 0.326 e. The summed E-state index contributed by atoms with van der Waals surface area (Å²) in [5.74, 6) is -0.412. The minimum absolute atomic E-state index is 0.118. The number of hydrogen-bond acceptors (Lipinski definition) is 3. The van der Waals surface area contributed by atoms with Gasteiger partial charge in [-0.1, -0.05) is 68.1 Å². The van der Waals surface area contributed by atoms with Crippen molar-refractivity contribution in [1.29, 1.82) is 0 Å². The second-order valence-corrected chi connectivity index (χ2v) is 8.42. The van der Waals surface area contributed by atoms with Crippen LogP contribution in [-0.4, -0.2) is 41.0 Å². The number of imide groups is 1. The van der Waals surface area contributed by atoms with Gasteiger partial charge in [-0.05, 0) is 43.1 Å². The topological polar surface area (TPSA) is 52.6 Å². The summed E-state index contributed by atoms with van der Waals surface area (Å²) in [6, 6.07) is 15.7. The number of nitrogens with one attached hydrogen (secondary N) is 1. The number of carbonyl (C=O) groups excluding carboxylic acids is 2. The first-order valence-electron chi connectivity index (χ1n) is 10.6. The molecule has 0 bridgehead atoms. The molecule has 0 aromatic heterocycles. The number of nitrogens with zero attached hydrogens (tertiary/aromatic N) is 2. The summed E-state index contributed by atoms with van der Waals surface area (Å²) in [6.45, 7) is 0.170. The molecule has 1 spiro atoms. The molecule has 2 aliphatic rings. The Morgan fingerprint density at radius 3 is 2.20 bits per heavy atom. The van der Waals surface area contributed by atoms with E-state index < -0.39 is 5.54 Å². The van der Waals surface area contributed by atoms with Gasteiger partial charge in [-0.3, -0.25) is 9.69 Å². The SMILES string of the molecule is CN(CN1C(=O)NC2(CCCCCC2)C1=O)[C@H](c1ccccc1)c1ccc(F)cc1. The number of hydrogen-bond donors (Lipinski definition) is 1. The highest BCUT2D eigenvalue weighted by molar-refractivity contribution is 6.07. The Morgan fingerprint density at radius 1 is 0.967 bits per heavy atom. The van der Waals surface area contributed by atoms with Gasteiger partial charge in [0.1, 0.15) is 11.4 Å². The molecule has 1 aliphatic carbocycles. The zero-order valence-corrected chi connectivity index (χ0v) is 17.3. The fraction of sp³-hybridized carbons (Fsp3) is 0.417. The molecule has 1 heterocycles.